The lowest BCUT2D eigenvalue weighted by molar-refractivity contribution is -0.674. The van der Waals surface area contributed by atoms with Crippen LogP contribution in [0.1, 0.15) is 11.6 Å². The predicted molar refractivity (Wildman–Crippen MR) is 124 cm³/mol. The number of benzene rings is 3. The fraction of sp³-hybridized carbons (Fsp3) is 0.0870. The van der Waals surface area contributed by atoms with E-state index in [2.05, 4.69) is 10.2 Å². The van der Waals surface area contributed by atoms with Gasteiger partial charge >= 0.3 is 5.69 Å². The highest BCUT2D eigenvalue weighted by Crippen LogP contribution is 2.33. The molecule has 1 aromatic heterocycles. The standard InChI is InChI=1S/C23H17N6O6/c30-27(31)18-9-7-16(8-10-18)21(15-26-13-3-5-17-4-1-2-6-22(17)26)25-24-20-12-11-19(28(32)33)14-23(20)29(34)35/h1-14,21H,15H2/q+1. The van der Waals surface area contributed by atoms with E-state index < -0.39 is 32.2 Å². The van der Waals surface area contributed by atoms with Crippen LogP contribution >= 0.6 is 0 Å². The first kappa shape index (κ1) is 23.0. The Hall–Kier alpha value is -5.13. The molecule has 0 aliphatic carbocycles. The van der Waals surface area contributed by atoms with Gasteiger partial charge in [-0.15, -0.1) is 5.11 Å². The molecule has 0 amide bonds. The molecule has 0 N–H and O–H groups in total. The molecule has 0 radical (unpaired) electrons. The molecule has 0 bridgehead atoms. The van der Waals surface area contributed by atoms with Crippen molar-refractivity contribution in [2.75, 3.05) is 0 Å². The number of aromatic nitrogens is 1. The second-order valence-corrected chi connectivity index (χ2v) is 7.49. The maximum atomic E-state index is 11.5. The normalized spacial score (nSPS) is 12.0. The van der Waals surface area contributed by atoms with Crippen molar-refractivity contribution in [1.82, 2.24) is 0 Å². The zero-order valence-corrected chi connectivity index (χ0v) is 18.0. The van der Waals surface area contributed by atoms with Crippen LogP contribution in [0, 0.1) is 30.3 Å². The monoisotopic (exact) mass is 473 g/mol. The number of nitrogens with zero attached hydrogens (tertiary/aromatic N) is 6. The van der Waals surface area contributed by atoms with Gasteiger partial charge in [0.15, 0.2) is 24.5 Å². The minimum atomic E-state index is -0.762. The van der Waals surface area contributed by atoms with Gasteiger partial charge in [-0.1, -0.05) is 12.1 Å². The summed E-state index contributed by atoms with van der Waals surface area (Å²) in [5, 5.41) is 42.9. The van der Waals surface area contributed by atoms with Gasteiger partial charge in [0.1, 0.15) is 0 Å². The summed E-state index contributed by atoms with van der Waals surface area (Å²) in [6.07, 6.45) is 1.85. The third kappa shape index (κ3) is 5.11. The average molecular weight is 473 g/mol. The van der Waals surface area contributed by atoms with Gasteiger partial charge < -0.3 is 0 Å². The molecular formula is C23H17N6O6+. The van der Waals surface area contributed by atoms with Crippen LogP contribution in [0.5, 0.6) is 0 Å². The summed E-state index contributed by atoms with van der Waals surface area (Å²) in [5.41, 5.74) is 0.295. The van der Waals surface area contributed by atoms with E-state index >= 15 is 0 Å². The van der Waals surface area contributed by atoms with Crippen LogP contribution in [-0.2, 0) is 6.54 Å². The Morgan fingerprint density at radius 3 is 2.11 bits per heavy atom. The van der Waals surface area contributed by atoms with Crippen molar-refractivity contribution in [3.63, 3.8) is 0 Å². The summed E-state index contributed by atoms with van der Waals surface area (Å²) in [5.74, 6) is 0. The van der Waals surface area contributed by atoms with Crippen molar-refractivity contribution >= 4 is 33.7 Å². The summed E-state index contributed by atoms with van der Waals surface area (Å²) in [4.78, 5) is 31.5. The van der Waals surface area contributed by atoms with Gasteiger partial charge in [-0.3, -0.25) is 30.3 Å². The Labute approximate surface area is 197 Å². The molecule has 4 rings (SSSR count). The Morgan fingerprint density at radius 2 is 1.43 bits per heavy atom. The van der Waals surface area contributed by atoms with Gasteiger partial charge in [0.2, 0.25) is 5.52 Å². The molecule has 0 spiro atoms. The second-order valence-electron chi connectivity index (χ2n) is 7.49. The van der Waals surface area contributed by atoms with Crippen molar-refractivity contribution < 1.29 is 19.3 Å². The van der Waals surface area contributed by atoms with Gasteiger partial charge in [-0.25, -0.2) is 0 Å². The maximum Gasteiger partial charge on any atom is 0.303 e. The van der Waals surface area contributed by atoms with Gasteiger partial charge in [0.05, 0.1) is 20.8 Å². The van der Waals surface area contributed by atoms with Gasteiger partial charge in [-0.05, 0) is 35.9 Å². The first-order valence-electron chi connectivity index (χ1n) is 10.3. The highest BCUT2D eigenvalue weighted by Gasteiger charge is 2.23. The molecule has 4 aromatic rings. The first-order chi connectivity index (χ1) is 16.8. The van der Waals surface area contributed by atoms with Crippen LogP contribution in [0.4, 0.5) is 22.7 Å². The molecule has 0 saturated carbocycles. The number of hydrogen-bond acceptors (Lipinski definition) is 8. The number of para-hydroxylation sites is 1. The van der Waals surface area contributed by atoms with E-state index in [9.17, 15) is 30.3 Å². The number of pyridine rings is 1. The quantitative estimate of drug-likeness (QED) is 0.145. The minimum Gasteiger partial charge on any atom is -0.258 e. The molecule has 3 aromatic carbocycles. The number of rotatable bonds is 8. The van der Waals surface area contributed by atoms with Crippen LogP contribution in [0.25, 0.3) is 10.9 Å². The number of azo groups is 1. The van der Waals surface area contributed by atoms with Crippen LogP contribution < -0.4 is 4.57 Å². The highest BCUT2D eigenvalue weighted by molar-refractivity contribution is 5.74. The molecule has 1 unspecified atom stereocenters. The molecule has 0 fully saturated rings. The number of non-ortho nitro benzene ring substituents is 2. The lowest BCUT2D eigenvalue weighted by Crippen LogP contribution is -2.36. The summed E-state index contributed by atoms with van der Waals surface area (Å²) in [7, 11) is 0. The van der Waals surface area contributed by atoms with E-state index in [-0.39, 0.29) is 17.9 Å². The second kappa shape index (κ2) is 9.79. The van der Waals surface area contributed by atoms with Crippen LogP contribution in [0.2, 0.25) is 0 Å². The summed E-state index contributed by atoms with van der Waals surface area (Å²) < 4.78 is 1.94. The van der Waals surface area contributed by atoms with E-state index in [1.165, 1.54) is 12.1 Å². The van der Waals surface area contributed by atoms with Crippen molar-refractivity contribution in [2.24, 2.45) is 10.2 Å². The molecule has 0 aliphatic rings. The molecule has 12 nitrogen and oxygen atoms in total. The topological polar surface area (TPSA) is 158 Å². The smallest absolute Gasteiger partial charge is 0.258 e. The van der Waals surface area contributed by atoms with Crippen molar-refractivity contribution in [3.05, 3.63) is 121 Å². The third-order valence-corrected chi connectivity index (χ3v) is 5.32. The lowest BCUT2D eigenvalue weighted by atomic mass is 10.1. The van der Waals surface area contributed by atoms with E-state index in [0.717, 1.165) is 29.1 Å². The number of fused-ring (bicyclic) bond motifs is 1. The van der Waals surface area contributed by atoms with Crippen molar-refractivity contribution in [1.29, 1.82) is 0 Å². The fourth-order valence-electron chi connectivity index (χ4n) is 3.58. The van der Waals surface area contributed by atoms with E-state index in [1.807, 2.05) is 47.2 Å². The largest absolute Gasteiger partial charge is 0.303 e. The SMILES string of the molecule is O=[N+]([O-])c1ccc(C(C[n+]2cccc3ccccc32)N=Nc2ccc([N+](=O)[O-])cc2[N+](=O)[O-])cc1. The van der Waals surface area contributed by atoms with Crippen LogP contribution in [0.15, 0.2) is 95.3 Å². The van der Waals surface area contributed by atoms with E-state index in [0.29, 0.717) is 5.56 Å². The third-order valence-electron chi connectivity index (χ3n) is 5.32. The molecule has 1 atom stereocenters. The summed E-state index contributed by atoms with van der Waals surface area (Å²) in [6.45, 7) is 0.281. The van der Waals surface area contributed by atoms with Gasteiger partial charge in [0, 0.05) is 35.7 Å². The highest BCUT2D eigenvalue weighted by atomic mass is 16.6. The van der Waals surface area contributed by atoms with Gasteiger partial charge in [-0.2, -0.15) is 9.68 Å². The van der Waals surface area contributed by atoms with Crippen molar-refractivity contribution in [2.45, 2.75) is 12.6 Å². The molecular weight excluding hydrogens is 456 g/mol. The molecule has 35 heavy (non-hydrogen) atoms. The predicted octanol–water partition coefficient (Wildman–Crippen LogP) is 5.38. The lowest BCUT2D eigenvalue weighted by Gasteiger charge is -2.10. The zero-order valence-electron chi connectivity index (χ0n) is 18.0. The zero-order chi connectivity index (χ0) is 24.9. The maximum absolute atomic E-state index is 11.5. The number of nitro groups is 3. The molecule has 174 valence electrons. The van der Waals surface area contributed by atoms with E-state index in [1.54, 1.807) is 12.1 Å². The average Bonchev–Trinajstić information content (AvgIpc) is 2.86. The number of nitro benzene ring substituents is 3. The molecule has 1 heterocycles. The first-order valence-corrected chi connectivity index (χ1v) is 10.3. The molecule has 12 heteroatoms. The Morgan fingerprint density at radius 1 is 0.771 bits per heavy atom. The van der Waals surface area contributed by atoms with E-state index in [4.69, 9.17) is 0 Å². The fourth-order valence-corrected chi connectivity index (χ4v) is 3.58. The minimum absolute atomic E-state index is 0.0896. The number of hydrogen-bond donors (Lipinski definition) is 0. The van der Waals surface area contributed by atoms with Crippen LogP contribution in [0.3, 0.4) is 0 Å². The van der Waals surface area contributed by atoms with Crippen LogP contribution in [-0.4, -0.2) is 14.8 Å². The summed E-state index contributed by atoms with van der Waals surface area (Å²) >= 11 is 0. The molecule has 0 saturated heterocycles. The summed E-state index contributed by atoms with van der Waals surface area (Å²) in [6, 6.07) is 19.7. The Bertz CT molecular complexity index is 1470. The Kier molecular flexibility index (Phi) is 6.44. The molecule has 0 aliphatic heterocycles. The van der Waals surface area contributed by atoms with Crippen molar-refractivity contribution in [3.8, 4) is 0 Å². The Balaban J connectivity index is 1.76. The van der Waals surface area contributed by atoms with Gasteiger partial charge in [0.25, 0.3) is 11.4 Å².